The first-order valence-electron chi connectivity index (χ1n) is 7.83. The van der Waals surface area contributed by atoms with Crippen LogP contribution in [0.1, 0.15) is 46.0 Å². The molecular weight excluding hydrogens is 254 g/mol. The van der Waals surface area contributed by atoms with E-state index in [2.05, 4.69) is 17.3 Å². The fourth-order valence-corrected chi connectivity index (χ4v) is 2.78. The van der Waals surface area contributed by atoms with Gasteiger partial charge in [0.15, 0.2) is 0 Å². The second-order valence-corrected chi connectivity index (χ2v) is 6.08. The minimum absolute atomic E-state index is 0.266. The quantitative estimate of drug-likeness (QED) is 0.666. The zero-order valence-corrected chi connectivity index (χ0v) is 13.3. The van der Waals surface area contributed by atoms with Crippen LogP contribution in [0, 0.1) is 0 Å². The molecule has 5 nitrogen and oxygen atoms in total. The standard InChI is InChI=1S/C15H31N3O2/c1-4-17-15(2,14(16)19)9-7-10-18(3)12-13-8-5-6-11-20-13/h13,17H,4-12H2,1-3H3,(H2,16,19). The molecule has 1 fully saturated rings. The van der Waals surface area contributed by atoms with Crippen molar-refractivity contribution in [2.75, 3.05) is 33.3 Å². The van der Waals surface area contributed by atoms with Crippen LogP contribution >= 0.6 is 0 Å². The summed E-state index contributed by atoms with van der Waals surface area (Å²) < 4.78 is 5.74. The number of hydrogen-bond donors (Lipinski definition) is 2. The number of nitrogens with two attached hydrogens (primary N) is 1. The summed E-state index contributed by atoms with van der Waals surface area (Å²) in [6, 6.07) is 0. The van der Waals surface area contributed by atoms with Crippen LogP contribution in [0.2, 0.25) is 0 Å². The summed E-state index contributed by atoms with van der Waals surface area (Å²) in [7, 11) is 2.12. The molecule has 1 aliphatic heterocycles. The molecule has 1 heterocycles. The molecule has 0 radical (unpaired) electrons. The largest absolute Gasteiger partial charge is 0.377 e. The third kappa shape index (κ3) is 5.77. The predicted octanol–water partition coefficient (Wildman–Crippen LogP) is 1.12. The van der Waals surface area contributed by atoms with E-state index in [9.17, 15) is 4.79 Å². The van der Waals surface area contributed by atoms with Gasteiger partial charge in [-0.25, -0.2) is 0 Å². The number of nitrogens with one attached hydrogen (secondary N) is 1. The minimum atomic E-state index is -0.586. The van der Waals surface area contributed by atoms with Crippen molar-refractivity contribution in [3.05, 3.63) is 0 Å². The molecule has 0 aliphatic carbocycles. The first kappa shape index (κ1) is 17.4. The smallest absolute Gasteiger partial charge is 0.237 e. The van der Waals surface area contributed by atoms with E-state index in [0.717, 1.165) is 39.1 Å². The monoisotopic (exact) mass is 285 g/mol. The summed E-state index contributed by atoms with van der Waals surface area (Å²) in [6.45, 7) is 7.49. The number of hydrogen-bond acceptors (Lipinski definition) is 4. The zero-order chi connectivity index (χ0) is 15.0. The first-order chi connectivity index (χ1) is 9.48. The minimum Gasteiger partial charge on any atom is -0.377 e. The van der Waals surface area contributed by atoms with E-state index < -0.39 is 5.54 Å². The van der Waals surface area contributed by atoms with Crippen LogP contribution in [0.15, 0.2) is 0 Å². The van der Waals surface area contributed by atoms with Crippen molar-refractivity contribution in [3.8, 4) is 0 Å². The molecule has 118 valence electrons. The molecule has 1 rings (SSSR count). The normalized spacial score (nSPS) is 22.7. The molecule has 20 heavy (non-hydrogen) atoms. The number of primary amides is 1. The van der Waals surface area contributed by atoms with Gasteiger partial charge in [0.2, 0.25) is 5.91 Å². The Balaban J connectivity index is 2.25. The van der Waals surface area contributed by atoms with E-state index in [1.54, 1.807) is 0 Å². The highest BCUT2D eigenvalue weighted by Crippen LogP contribution is 2.15. The molecule has 0 spiro atoms. The van der Waals surface area contributed by atoms with E-state index in [1.165, 1.54) is 19.3 Å². The van der Waals surface area contributed by atoms with Gasteiger partial charge >= 0.3 is 0 Å². The molecule has 1 amide bonds. The van der Waals surface area contributed by atoms with Crippen molar-refractivity contribution >= 4 is 5.91 Å². The lowest BCUT2D eigenvalue weighted by atomic mass is 9.94. The van der Waals surface area contributed by atoms with Gasteiger partial charge in [-0.05, 0) is 59.2 Å². The molecule has 5 heteroatoms. The van der Waals surface area contributed by atoms with E-state index in [1.807, 2.05) is 13.8 Å². The molecule has 2 unspecified atom stereocenters. The lowest BCUT2D eigenvalue weighted by molar-refractivity contribution is -0.124. The lowest BCUT2D eigenvalue weighted by Crippen LogP contribution is -2.53. The Morgan fingerprint density at radius 3 is 2.80 bits per heavy atom. The summed E-state index contributed by atoms with van der Waals surface area (Å²) in [5, 5.41) is 3.20. The molecule has 1 aliphatic rings. The van der Waals surface area contributed by atoms with Gasteiger partial charge in [0.05, 0.1) is 11.6 Å². The molecule has 0 saturated carbocycles. The Kier molecular flexibility index (Phi) is 7.48. The van der Waals surface area contributed by atoms with Gasteiger partial charge in [-0.15, -0.1) is 0 Å². The molecular formula is C15H31N3O2. The van der Waals surface area contributed by atoms with Crippen LogP contribution in [0.3, 0.4) is 0 Å². The van der Waals surface area contributed by atoms with Gasteiger partial charge in [-0.2, -0.15) is 0 Å². The van der Waals surface area contributed by atoms with Crippen molar-refractivity contribution < 1.29 is 9.53 Å². The SMILES string of the molecule is CCNC(C)(CCCN(C)CC1CCCCO1)C(N)=O. The Hall–Kier alpha value is -0.650. The van der Waals surface area contributed by atoms with Gasteiger partial charge in [-0.1, -0.05) is 6.92 Å². The maximum atomic E-state index is 11.5. The second kappa shape index (κ2) is 8.60. The highest BCUT2D eigenvalue weighted by molar-refractivity contribution is 5.84. The topological polar surface area (TPSA) is 67.6 Å². The maximum absolute atomic E-state index is 11.5. The number of carbonyl (C=O) groups excluding carboxylic acids is 1. The molecule has 1 saturated heterocycles. The van der Waals surface area contributed by atoms with E-state index in [0.29, 0.717) is 6.10 Å². The van der Waals surface area contributed by atoms with Crippen LogP contribution < -0.4 is 11.1 Å². The highest BCUT2D eigenvalue weighted by Gasteiger charge is 2.29. The van der Waals surface area contributed by atoms with Crippen molar-refractivity contribution in [2.24, 2.45) is 5.73 Å². The highest BCUT2D eigenvalue weighted by atomic mass is 16.5. The zero-order valence-electron chi connectivity index (χ0n) is 13.3. The second-order valence-electron chi connectivity index (χ2n) is 6.08. The fourth-order valence-electron chi connectivity index (χ4n) is 2.78. The van der Waals surface area contributed by atoms with Crippen molar-refractivity contribution in [2.45, 2.75) is 57.6 Å². The van der Waals surface area contributed by atoms with Crippen LogP contribution in [0.4, 0.5) is 0 Å². The summed E-state index contributed by atoms with van der Waals surface area (Å²) in [5.41, 5.74) is 4.90. The van der Waals surface area contributed by atoms with Crippen LogP contribution in [-0.4, -0.2) is 55.7 Å². The Labute approximate surface area is 123 Å². The van der Waals surface area contributed by atoms with E-state index >= 15 is 0 Å². The lowest BCUT2D eigenvalue weighted by Gasteiger charge is -2.30. The van der Waals surface area contributed by atoms with Crippen molar-refractivity contribution in [1.82, 2.24) is 10.2 Å². The molecule has 0 aromatic heterocycles. The number of ether oxygens (including phenoxy) is 1. The third-order valence-corrected chi connectivity index (χ3v) is 4.12. The molecule has 3 N–H and O–H groups in total. The average molecular weight is 285 g/mol. The number of rotatable bonds is 9. The van der Waals surface area contributed by atoms with Gasteiger partial charge in [-0.3, -0.25) is 4.79 Å². The van der Waals surface area contributed by atoms with Gasteiger partial charge < -0.3 is 20.7 Å². The van der Waals surface area contributed by atoms with Crippen LogP contribution in [0.5, 0.6) is 0 Å². The third-order valence-electron chi connectivity index (χ3n) is 4.12. The Morgan fingerprint density at radius 1 is 1.50 bits per heavy atom. The number of amides is 1. The predicted molar refractivity (Wildman–Crippen MR) is 81.6 cm³/mol. The average Bonchev–Trinajstić information content (AvgIpc) is 2.40. The van der Waals surface area contributed by atoms with E-state index in [-0.39, 0.29) is 5.91 Å². The van der Waals surface area contributed by atoms with Gasteiger partial charge in [0.1, 0.15) is 0 Å². The van der Waals surface area contributed by atoms with Gasteiger partial charge in [0, 0.05) is 13.2 Å². The van der Waals surface area contributed by atoms with E-state index in [4.69, 9.17) is 10.5 Å². The summed E-state index contributed by atoms with van der Waals surface area (Å²) in [6.07, 6.45) is 5.74. The van der Waals surface area contributed by atoms with Crippen molar-refractivity contribution in [3.63, 3.8) is 0 Å². The molecule has 0 bridgehead atoms. The molecule has 0 aromatic rings. The fraction of sp³-hybridized carbons (Fsp3) is 0.933. The van der Waals surface area contributed by atoms with Crippen molar-refractivity contribution in [1.29, 1.82) is 0 Å². The number of carbonyl (C=O) groups is 1. The van der Waals surface area contributed by atoms with Crippen LogP contribution in [-0.2, 0) is 9.53 Å². The molecule has 0 aromatic carbocycles. The Bertz CT molecular complexity index is 293. The molecule has 2 atom stereocenters. The maximum Gasteiger partial charge on any atom is 0.237 e. The van der Waals surface area contributed by atoms with Gasteiger partial charge in [0.25, 0.3) is 0 Å². The first-order valence-corrected chi connectivity index (χ1v) is 7.83. The summed E-state index contributed by atoms with van der Waals surface area (Å²) in [5.74, 6) is -0.266. The summed E-state index contributed by atoms with van der Waals surface area (Å²) >= 11 is 0. The number of likely N-dealkylation sites (N-methyl/N-ethyl adjacent to an activating group) is 2. The summed E-state index contributed by atoms with van der Waals surface area (Å²) in [4.78, 5) is 13.8. The number of nitrogens with zero attached hydrogens (tertiary/aromatic N) is 1. The van der Waals surface area contributed by atoms with Crippen LogP contribution in [0.25, 0.3) is 0 Å². The Morgan fingerprint density at radius 2 is 2.25 bits per heavy atom.